The van der Waals surface area contributed by atoms with E-state index < -0.39 is 0 Å². The Morgan fingerprint density at radius 2 is 2.29 bits per heavy atom. The van der Waals surface area contributed by atoms with Crippen LogP contribution in [-0.4, -0.2) is 20.6 Å². The molecule has 0 saturated heterocycles. The third-order valence-electron chi connectivity index (χ3n) is 3.43. The molecular weight excluding hydrogens is 328 g/mol. The van der Waals surface area contributed by atoms with Crippen LogP contribution in [0.25, 0.3) is 10.9 Å². The minimum absolute atomic E-state index is 0.229. The van der Waals surface area contributed by atoms with Crippen molar-refractivity contribution in [3.8, 4) is 0 Å². The minimum atomic E-state index is -0.361. The van der Waals surface area contributed by atoms with Crippen molar-refractivity contribution in [3.05, 3.63) is 63.4 Å². The number of fused-ring (bicyclic) bond motifs is 1. The Morgan fingerprint density at radius 1 is 1.50 bits per heavy atom. The molecule has 122 valence electrons. The van der Waals surface area contributed by atoms with Crippen molar-refractivity contribution in [1.82, 2.24) is 14.7 Å². The fourth-order valence-electron chi connectivity index (χ4n) is 2.30. The third-order valence-corrected chi connectivity index (χ3v) is 3.75. The first-order valence-corrected chi connectivity index (χ1v) is 7.53. The fraction of sp³-hybridized carbons (Fsp3) is 0.125. The molecule has 0 spiro atoms. The van der Waals surface area contributed by atoms with E-state index in [2.05, 4.69) is 22.0 Å². The minimum Gasteiger partial charge on any atom is -0.360 e. The van der Waals surface area contributed by atoms with E-state index in [4.69, 9.17) is 16.7 Å². The lowest BCUT2D eigenvalue weighted by atomic mass is 10.1. The molecule has 2 heterocycles. The van der Waals surface area contributed by atoms with Crippen LogP contribution >= 0.6 is 12.2 Å². The second-order valence-electron chi connectivity index (χ2n) is 5.17. The molecule has 7 nitrogen and oxygen atoms in total. The predicted molar refractivity (Wildman–Crippen MR) is 92.8 cm³/mol. The van der Waals surface area contributed by atoms with E-state index in [-0.39, 0.29) is 16.2 Å². The number of benzene rings is 1. The van der Waals surface area contributed by atoms with Crippen molar-refractivity contribution in [2.75, 3.05) is 5.32 Å². The molecule has 0 aliphatic heterocycles. The van der Waals surface area contributed by atoms with Crippen LogP contribution in [-0.2, 0) is 6.54 Å². The van der Waals surface area contributed by atoms with Crippen LogP contribution in [0.4, 0.5) is 5.82 Å². The number of rotatable bonds is 4. The molecule has 0 unspecified atom stereocenters. The largest absolute Gasteiger partial charge is 0.360 e. The van der Waals surface area contributed by atoms with Gasteiger partial charge in [-0.15, -0.1) is 6.58 Å². The van der Waals surface area contributed by atoms with E-state index in [1.165, 1.54) is 4.57 Å². The maximum atomic E-state index is 12.4. The summed E-state index contributed by atoms with van der Waals surface area (Å²) in [5, 5.41) is 6.78. The molecule has 2 N–H and O–H groups in total. The zero-order valence-electron chi connectivity index (χ0n) is 12.8. The van der Waals surface area contributed by atoms with Crippen LogP contribution in [0.1, 0.15) is 16.1 Å². The van der Waals surface area contributed by atoms with E-state index in [0.717, 1.165) is 0 Å². The molecule has 0 aliphatic carbocycles. The number of hydrogen-bond acceptors (Lipinski definition) is 5. The maximum absolute atomic E-state index is 12.4. The molecule has 0 saturated carbocycles. The number of amides is 1. The molecule has 2 aromatic heterocycles. The van der Waals surface area contributed by atoms with Gasteiger partial charge in [-0.1, -0.05) is 11.2 Å². The molecule has 1 aromatic carbocycles. The average molecular weight is 342 g/mol. The highest BCUT2D eigenvalue weighted by Crippen LogP contribution is 2.14. The first kappa shape index (κ1) is 15.9. The first-order valence-electron chi connectivity index (χ1n) is 7.12. The molecule has 0 radical (unpaired) electrons. The van der Waals surface area contributed by atoms with Crippen LogP contribution in [0, 0.1) is 11.7 Å². The topological polar surface area (TPSA) is 92.9 Å². The lowest BCUT2D eigenvalue weighted by Crippen LogP contribution is -2.22. The van der Waals surface area contributed by atoms with Crippen molar-refractivity contribution in [2.45, 2.75) is 13.5 Å². The first-order chi connectivity index (χ1) is 11.5. The van der Waals surface area contributed by atoms with Crippen LogP contribution in [0.15, 0.2) is 46.2 Å². The van der Waals surface area contributed by atoms with Gasteiger partial charge in [-0.2, -0.15) is 0 Å². The van der Waals surface area contributed by atoms with Gasteiger partial charge in [-0.05, 0) is 37.3 Å². The number of allylic oxidation sites excluding steroid dienone is 1. The smallest absolute Gasteiger partial charge is 0.262 e. The number of hydrogen-bond donors (Lipinski definition) is 2. The summed E-state index contributed by atoms with van der Waals surface area (Å²) in [7, 11) is 0. The third kappa shape index (κ3) is 2.91. The highest BCUT2D eigenvalue weighted by atomic mass is 32.1. The van der Waals surface area contributed by atoms with Gasteiger partial charge in [0.1, 0.15) is 5.76 Å². The van der Waals surface area contributed by atoms with E-state index in [1.807, 2.05) is 0 Å². The fourth-order valence-corrected chi connectivity index (χ4v) is 2.57. The van der Waals surface area contributed by atoms with Gasteiger partial charge >= 0.3 is 0 Å². The summed E-state index contributed by atoms with van der Waals surface area (Å²) in [4.78, 5) is 27.7. The molecule has 3 rings (SSSR count). The number of nitrogens with zero attached hydrogens (tertiary/aromatic N) is 2. The average Bonchev–Trinajstić information content (AvgIpc) is 2.95. The quantitative estimate of drug-likeness (QED) is 0.562. The highest BCUT2D eigenvalue weighted by molar-refractivity contribution is 7.71. The van der Waals surface area contributed by atoms with Crippen LogP contribution in [0.3, 0.4) is 0 Å². The van der Waals surface area contributed by atoms with E-state index >= 15 is 0 Å². The number of nitrogens with one attached hydrogen (secondary N) is 2. The normalized spacial score (nSPS) is 10.7. The number of carbonyl (C=O) groups is 1. The van der Waals surface area contributed by atoms with E-state index in [0.29, 0.717) is 34.6 Å². The molecule has 1 amide bonds. The highest BCUT2D eigenvalue weighted by Gasteiger charge is 2.12. The van der Waals surface area contributed by atoms with Gasteiger partial charge in [0.2, 0.25) is 0 Å². The molecular formula is C16H14N4O3S. The Bertz CT molecular complexity index is 1060. The Labute approximate surface area is 141 Å². The van der Waals surface area contributed by atoms with Crippen molar-refractivity contribution < 1.29 is 9.32 Å². The van der Waals surface area contributed by atoms with Crippen molar-refractivity contribution in [1.29, 1.82) is 0 Å². The van der Waals surface area contributed by atoms with Gasteiger partial charge in [0.15, 0.2) is 10.6 Å². The zero-order chi connectivity index (χ0) is 17.3. The monoisotopic (exact) mass is 342 g/mol. The van der Waals surface area contributed by atoms with Crippen LogP contribution < -0.4 is 10.9 Å². The van der Waals surface area contributed by atoms with Gasteiger partial charge in [0.25, 0.3) is 11.5 Å². The Morgan fingerprint density at radius 3 is 2.96 bits per heavy atom. The lowest BCUT2D eigenvalue weighted by molar-refractivity contribution is 0.102. The number of carbonyl (C=O) groups excluding carboxylic acids is 1. The predicted octanol–water partition coefficient (Wildman–Crippen LogP) is 2.79. The van der Waals surface area contributed by atoms with E-state index in [1.54, 1.807) is 37.3 Å². The zero-order valence-corrected chi connectivity index (χ0v) is 13.6. The summed E-state index contributed by atoms with van der Waals surface area (Å²) in [6.07, 6.45) is 1.60. The number of aromatic amines is 1. The van der Waals surface area contributed by atoms with Gasteiger partial charge < -0.3 is 14.8 Å². The molecule has 0 bridgehead atoms. The van der Waals surface area contributed by atoms with Gasteiger partial charge in [-0.3, -0.25) is 14.2 Å². The van der Waals surface area contributed by atoms with Crippen molar-refractivity contribution in [2.24, 2.45) is 0 Å². The molecule has 8 heteroatoms. The molecule has 24 heavy (non-hydrogen) atoms. The second kappa shape index (κ2) is 6.25. The Balaban J connectivity index is 2.01. The summed E-state index contributed by atoms with van der Waals surface area (Å²) in [5.41, 5.74) is 0.636. The summed E-state index contributed by atoms with van der Waals surface area (Å²) >= 11 is 5.19. The molecule has 0 fully saturated rings. The molecule has 0 aliphatic rings. The van der Waals surface area contributed by atoms with Gasteiger partial charge in [-0.25, -0.2) is 0 Å². The van der Waals surface area contributed by atoms with Gasteiger partial charge in [0.05, 0.1) is 10.9 Å². The van der Waals surface area contributed by atoms with Crippen LogP contribution in [0.5, 0.6) is 0 Å². The van der Waals surface area contributed by atoms with Crippen molar-refractivity contribution >= 4 is 34.8 Å². The Kier molecular flexibility index (Phi) is 4.13. The lowest BCUT2D eigenvalue weighted by Gasteiger charge is -2.07. The summed E-state index contributed by atoms with van der Waals surface area (Å²) < 4.78 is 6.58. The van der Waals surface area contributed by atoms with Crippen molar-refractivity contribution in [3.63, 3.8) is 0 Å². The molecule has 3 aromatic rings. The number of anilines is 1. The molecule has 0 atom stereocenters. The number of H-pyrrole nitrogens is 1. The van der Waals surface area contributed by atoms with E-state index in [9.17, 15) is 9.59 Å². The van der Waals surface area contributed by atoms with Crippen LogP contribution in [0.2, 0.25) is 0 Å². The van der Waals surface area contributed by atoms with Gasteiger partial charge in [0, 0.05) is 18.2 Å². The Hall–Kier alpha value is -3.00. The summed E-state index contributed by atoms with van der Waals surface area (Å²) in [6, 6.07) is 6.35. The summed E-state index contributed by atoms with van der Waals surface area (Å²) in [5.74, 6) is 0.558. The summed E-state index contributed by atoms with van der Waals surface area (Å²) in [6.45, 7) is 5.66. The number of aryl methyl sites for hydroxylation is 1. The standard InChI is InChI=1S/C16H14N4O3S/c1-3-6-20-15(22)11-5-4-10(8-12(11)17-16(20)24)14(21)18-13-7-9(2)23-19-13/h3-5,7-8H,1,6H2,2H3,(H,17,24)(H,18,19,21). The maximum Gasteiger partial charge on any atom is 0.262 e. The SMILES string of the molecule is C=CCn1c(=S)[nH]c2cc(C(=O)Nc3cc(C)on3)ccc2c1=O. The number of aromatic nitrogens is 3. The second-order valence-corrected chi connectivity index (χ2v) is 5.56.